The summed E-state index contributed by atoms with van der Waals surface area (Å²) in [5.74, 6) is 2.54. The lowest BCUT2D eigenvalue weighted by Crippen LogP contribution is -2.38. The summed E-state index contributed by atoms with van der Waals surface area (Å²) in [6.07, 6.45) is 0. The summed E-state index contributed by atoms with van der Waals surface area (Å²) in [7, 11) is 0. The molecule has 10 heteroatoms. The summed E-state index contributed by atoms with van der Waals surface area (Å²) >= 11 is 7.46. The third kappa shape index (κ3) is 4.10. The second-order valence-corrected chi connectivity index (χ2v) is 7.32. The average molecular weight is 407 g/mol. The molecule has 0 bridgehead atoms. The van der Waals surface area contributed by atoms with Crippen LogP contribution >= 0.6 is 23.4 Å². The second kappa shape index (κ2) is 8.28. The molecule has 8 nitrogen and oxygen atoms in total. The average Bonchev–Trinajstić information content (AvgIpc) is 3.34. The molecular weight excluding hydrogens is 388 g/mol. The van der Waals surface area contributed by atoms with Gasteiger partial charge in [0, 0.05) is 30.2 Å². The Morgan fingerprint density at radius 3 is 2.67 bits per heavy atom. The van der Waals surface area contributed by atoms with Crippen molar-refractivity contribution in [1.29, 1.82) is 0 Å². The number of halogens is 1. The van der Waals surface area contributed by atoms with Gasteiger partial charge in [-0.1, -0.05) is 28.5 Å². The fourth-order valence-electron chi connectivity index (χ4n) is 2.81. The summed E-state index contributed by atoms with van der Waals surface area (Å²) < 4.78 is 12.9. The number of hydrogen-bond donors (Lipinski definition) is 0. The van der Waals surface area contributed by atoms with Crippen molar-refractivity contribution < 1.29 is 9.26 Å². The van der Waals surface area contributed by atoms with Crippen LogP contribution in [-0.2, 0) is 17.0 Å². The maximum Gasteiger partial charge on any atom is 0.257 e. The van der Waals surface area contributed by atoms with E-state index < -0.39 is 0 Å². The SMILES string of the molecule is CCn1c(SCc2noc(-c3ccc(Cl)cc3)n2)nnc1N1CCOCC1. The molecule has 1 aromatic carbocycles. The standard InChI is InChI=1S/C17H19ClN6O2S/c1-2-24-16(23-7-9-25-10-8-23)20-21-17(24)27-11-14-19-15(26-22-14)12-3-5-13(18)6-4-12/h3-6H,2,7-11H2,1H3. The van der Waals surface area contributed by atoms with Gasteiger partial charge >= 0.3 is 0 Å². The Morgan fingerprint density at radius 1 is 1.15 bits per heavy atom. The first kappa shape index (κ1) is 18.3. The van der Waals surface area contributed by atoms with Crippen LogP contribution in [0.1, 0.15) is 12.7 Å². The smallest absolute Gasteiger partial charge is 0.257 e. The third-order valence-electron chi connectivity index (χ3n) is 4.20. The molecule has 0 saturated carbocycles. The molecule has 4 rings (SSSR count). The highest BCUT2D eigenvalue weighted by Crippen LogP contribution is 2.26. The Balaban J connectivity index is 1.44. The van der Waals surface area contributed by atoms with Crippen molar-refractivity contribution in [2.75, 3.05) is 31.2 Å². The molecule has 3 aromatic rings. The van der Waals surface area contributed by atoms with E-state index in [2.05, 4.69) is 36.7 Å². The molecular formula is C17H19ClN6O2S. The van der Waals surface area contributed by atoms with Crippen LogP contribution in [-0.4, -0.2) is 51.2 Å². The number of thioether (sulfide) groups is 1. The van der Waals surface area contributed by atoms with E-state index in [0.717, 1.165) is 49.5 Å². The number of rotatable bonds is 6. The van der Waals surface area contributed by atoms with E-state index in [9.17, 15) is 0 Å². The van der Waals surface area contributed by atoms with E-state index in [4.69, 9.17) is 20.9 Å². The van der Waals surface area contributed by atoms with Gasteiger partial charge in [0.2, 0.25) is 5.95 Å². The van der Waals surface area contributed by atoms with Crippen LogP contribution < -0.4 is 4.90 Å². The number of morpholine rings is 1. The van der Waals surface area contributed by atoms with E-state index in [1.165, 1.54) is 0 Å². The van der Waals surface area contributed by atoms with Crippen LogP contribution in [0.5, 0.6) is 0 Å². The molecule has 0 amide bonds. The summed E-state index contributed by atoms with van der Waals surface area (Å²) in [4.78, 5) is 6.66. The number of anilines is 1. The van der Waals surface area contributed by atoms with Crippen molar-refractivity contribution in [1.82, 2.24) is 24.9 Å². The number of benzene rings is 1. The molecule has 1 aliphatic rings. The topological polar surface area (TPSA) is 82.1 Å². The van der Waals surface area contributed by atoms with Gasteiger partial charge in [-0.25, -0.2) is 0 Å². The van der Waals surface area contributed by atoms with Gasteiger partial charge in [-0.15, -0.1) is 10.2 Å². The van der Waals surface area contributed by atoms with Crippen LogP contribution in [0.2, 0.25) is 5.02 Å². The lowest BCUT2D eigenvalue weighted by molar-refractivity contribution is 0.121. The predicted molar refractivity (Wildman–Crippen MR) is 103 cm³/mol. The van der Waals surface area contributed by atoms with Gasteiger partial charge in [-0.05, 0) is 31.2 Å². The number of aromatic nitrogens is 5. The molecule has 1 fully saturated rings. The first-order valence-corrected chi connectivity index (χ1v) is 10.1. The zero-order chi connectivity index (χ0) is 18.6. The summed E-state index contributed by atoms with van der Waals surface area (Å²) in [5, 5.41) is 14.3. The van der Waals surface area contributed by atoms with Crippen molar-refractivity contribution >= 4 is 29.3 Å². The van der Waals surface area contributed by atoms with Crippen molar-refractivity contribution in [2.24, 2.45) is 0 Å². The van der Waals surface area contributed by atoms with E-state index in [0.29, 0.717) is 22.5 Å². The fraction of sp³-hybridized carbons (Fsp3) is 0.412. The maximum absolute atomic E-state index is 5.91. The third-order valence-corrected chi connectivity index (χ3v) is 5.41. The molecule has 2 aromatic heterocycles. The molecule has 1 aliphatic heterocycles. The first-order valence-electron chi connectivity index (χ1n) is 8.72. The summed E-state index contributed by atoms with van der Waals surface area (Å²) in [6, 6.07) is 7.31. The molecule has 3 heterocycles. The van der Waals surface area contributed by atoms with E-state index in [1.54, 1.807) is 23.9 Å². The predicted octanol–water partition coefficient (Wildman–Crippen LogP) is 3.13. The number of nitrogens with zero attached hydrogens (tertiary/aromatic N) is 6. The molecule has 1 saturated heterocycles. The maximum atomic E-state index is 5.91. The van der Waals surface area contributed by atoms with Gasteiger partial charge < -0.3 is 14.2 Å². The largest absolute Gasteiger partial charge is 0.378 e. The monoisotopic (exact) mass is 406 g/mol. The molecule has 142 valence electrons. The van der Waals surface area contributed by atoms with Gasteiger partial charge in [0.05, 0.1) is 19.0 Å². The second-order valence-electron chi connectivity index (χ2n) is 5.94. The molecule has 0 radical (unpaired) electrons. The Labute approximate surface area is 165 Å². The lowest BCUT2D eigenvalue weighted by atomic mass is 10.2. The van der Waals surface area contributed by atoms with Crippen LogP contribution in [0, 0.1) is 0 Å². The van der Waals surface area contributed by atoms with E-state index >= 15 is 0 Å². The fourth-order valence-corrected chi connectivity index (χ4v) is 3.78. The molecule has 0 spiro atoms. The lowest BCUT2D eigenvalue weighted by Gasteiger charge is -2.27. The van der Waals surface area contributed by atoms with Gasteiger partial charge in [-0.3, -0.25) is 4.57 Å². The minimum absolute atomic E-state index is 0.480. The van der Waals surface area contributed by atoms with Crippen molar-refractivity contribution in [3.63, 3.8) is 0 Å². The Bertz CT molecular complexity index is 891. The highest BCUT2D eigenvalue weighted by Gasteiger charge is 2.20. The Morgan fingerprint density at radius 2 is 1.93 bits per heavy atom. The van der Waals surface area contributed by atoms with Crippen molar-refractivity contribution in [2.45, 2.75) is 24.4 Å². The van der Waals surface area contributed by atoms with E-state index in [1.807, 2.05) is 12.1 Å². The zero-order valence-electron chi connectivity index (χ0n) is 14.8. The van der Waals surface area contributed by atoms with Crippen LogP contribution in [0.25, 0.3) is 11.5 Å². The molecule has 0 N–H and O–H groups in total. The minimum Gasteiger partial charge on any atom is -0.378 e. The number of hydrogen-bond acceptors (Lipinski definition) is 8. The van der Waals surface area contributed by atoms with E-state index in [-0.39, 0.29) is 0 Å². The molecule has 0 aliphatic carbocycles. The highest BCUT2D eigenvalue weighted by atomic mass is 35.5. The molecule has 27 heavy (non-hydrogen) atoms. The highest BCUT2D eigenvalue weighted by molar-refractivity contribution is 7.98. The summed E-state index contributed by atoms with van der Waals surface area (Å²) in [6.45, 7) is 5.98. The molecule has 0 atom stereocenters. The van der Waals surface area contributed by atoms with Crippen LogP contribution in [0.15, 0.2) is 33.9 Å². The van der Waals surface area contributed by atoms with Gasteiger partial charge in [0.15, 0.2) is 11.0 Å². The summed E-state index contributed by atoms with van der Waals surface area (Å²) in [5.41, 5.74) is 0.842. The Hall–Kier alpha value is -2.10. The van der Waals surface area contributed by atoms with Crippen molar-refractivity contribution in [3.05, 3.63) is 35.1 Å². The Kier molecular flexibility index (Phi) is 5.61. The van der Waals surface area contributed by atoms with Crippen LogP contribution in [0.3, 0.4) is 0 Å². The van der Waals surface area contributed by atoms with Gasteiger partial charge in [0.1, 0.15) is 0 Å². The van der Waals surface area contributed by atoms with Gasteiger partial charge in [-0.2, -0.15) is 4.98 Å². The quantitative estimate of drug-likeness (QED) is 0.577. The normalized spacial score (nSPS) is 14.7. The zero-order valence-corrected chi connectivity index (χ0v) is 16.4. The van der Waals surface area contributed by atoms with Gasteiger partial charge in [0.25, 0.3) is 5.89 Å². The number of ether oxygens (including phenoxy) is 1. The van der Waals surface area contributed by atoms with Crippen LogP contribution in [0.4, 0.5) is 5.95 Å². The minimum atomic E-state index is 0.480. The van der Waals surface area contributed by atoms with Crippen molar-refractivity contribution in [3.8, 4) is 11.5 Å². The first-order chi connectivity index (χ1) is 13.2. The molecule has 0 unspecified atom stereocenters.